The maximum Gasteiger partial charge on any atom is 0.216 e. The van der Waals surface area contributed by atoms with Gasteiger partial charge in [0.05, 0.1) is 5.02 Å². The molecule has 6 heteroatoms. The van der Waals surface area contributed by atoms with Gasteiger partial charge >= 0.3 is 0 Å². The Morgan fingerprint density at radius 3 is 2.89 bits per heavy atom. The molecule has 0 bridgehead atoms. The first-order chi connectivity index (χ1) is 9.16. The van der Waals surface area contributed by atoms with Crippen LogP contribution in [0.4, 0.5) is 0 Å². The number of halogens is 1. The predicted octanol–water partition coefficient (Wildman–Crippen LogP) is 1.34. The quantitative estimate of drug-likeness (QED) is 0.801. The fraction of sp³-hybridized carbons (Fsp3) is 0.462. The van der Waals surface area contributed by atoms with Crippen molar-refractivity contribution in [3.8, 4) is 11.5 Å². The van der Waals surface area contributed by atoms with Crippen molar-refractivity contribution in [2.75, 3.05) is 26.3 Å². The summed E-state index contributed by atoms with van der Waals surface area (Å²) in [6.45, 7) is 4.54. The Morgan fingerprint density at radius 1 is 1.32 bits per heavy atom. The number of hydrogen-bond donors (Lipinski definition) is 2. The summed E-state index contributed by atoms with van der Waals surface area (Å²) in [7, 11) is 0. The van der Waals surface area contributed by atoms with Gasteiger partial charge in [-0.05, 0) is 17.7 Å². The molecule has 0 spiro atoms. The largest absolute Gasteiger partial charge is 0.486 e. The van der Waals surface area contributed by atoms with E-state index in [9.17, 15) is 4.79 Å². The molecular formula is C13H17ClN2O3. The van der Waals surface area contributed by atoms with Crippen molar-refractivity contribution >= 4 is 17.5 Å². The van der Waals surface area contributed by atoms with Gasteiger partial charge < -0.3 is 20.1 Å². The standard InChI is InChI=1S/C13H17ClN2O3/c1-9(17)16-3-2-15-8-10-6-11(14)13-12(7-10)18-4-5-19-13/h6-7,15H,2-5,8H2,1H3,(H,16,17). The average molecular weight is 285 g/mol. The van der Waals surface area contributed by atoms with Gasteiger partial charge in [-0.3, -0.25) is 4.79 Å². The Morgan fingerprint density at radius 2 is 2.11 bits per heavy atom. The van der Waals surface area contributed by atoms with E-state index in [-0.39, 0.29) is 5.91 Å². The van der Waals surface area contributed by atoms with E-state index in [1.54, 1.807) is 0 Å². The highest BCUT2D eigenvalue weighted by molar-refractivity contribution is 6.32. The minimum Gasteiger partial charge on any atom is -0.486 e. The van der Waals surface area contributed by atoms with Crippen molar-refractivity contribution in [3.63, 3.8) is 0 Å². The Labute approximate surface area is 117 Å². The monoisotopic (exact) mass is 284 g/mol. The minimum atomic E-state index is -0.0239. The van der Waals surface area contributed by atoms with E-state index in [2.05, 4.69) is 10.6 Å². The second-order valence-corrected chi connectivity index (χ2v) is 4.67. The van der Waals surface area contributed by atoms with E-state index in [1.165, 1.54) is 6.92 Å². The molecule has 5 nitrogen and oxygen atoms in total. The number of carbonyl (C=O) groups excluding carboxylic acids is 1. The maximum absolute atomic E-state index is 10.7. The van der Waals surface area contributed by atoms with E-state index in [0.717, 1.165) is 5.56 Å². The Balaban J connectivity index is 1.87. The second-order valence-electron chi connectivity index (χ2n) is 4.26. The van der Waals surface area contributed by atoms with Crippen molar-refractivity contribution in [2.24, 2.45) is 0 Å². The van der Waals surface area contributed by atoms with Gasteiger partial charge in [0, 0.05) is 26.6 Å². The maximum atomic E-state index is 10.7. The summed E-state index contributed by atoms with van der Waals surface area (Å²) in [5, 5.41) is 6.51. The van der Waals surface area contributed by atoms with Crippen LogP contribution in [0.3, 0.4) is 0 Å². The molecule has 1 amide bonds. The van der Waals surface area contributed by atoms with E-state index >= 15 is 0 Å². The lowest BCUT2D eigenvalue weighted by atomic mass is 10.2. The second kappa shape index (κ2) is 6.63. The normalized spacial score (nSPS) is 13.2. The summed E-state index contributed by atoms with van der Waals surface area (Å²) in [5.41, 5.74) is 1.03. The van der Waals surface area contributed by atoms with Crippen LogP contribution in [0.5, 0.6) is 11.5 Å². The number of nitrogens with one attached hydrogen (secondary N) is 2. The van der Waals surface area contributed by atoms with Crippen LogP contribution >= 0.6 is 11.6 Å². The van der Waals surface area contributed by atoms with Crippen molar-refractivity contribution in [1.29, 1.82) is 0 Å². The summed E-state index contributed by atoms with van der Waals surface area (Å²) in [6.07, 6.45) is 0. The fourth-order valence-electron chi connectivity index (χ4n) is 1.83. The molecule has 19 heavy (non-hydrogen) atoms. The lowest BCUT2D eigenvalue weighted by Gasteiger charge is -2.20. The van der Waals surface area contributed by atoms with Gasteiger partial charge in [0.15, 0.2) is 11.5 Å². The van der Waals surface area contributed by atoms with Crippen LogP contribution in [0.25, 0.3) is 0 Å². The van der Waals surface area contributed by atoms with Gasteiger partial charge in [-0.15, -0.1) is 0 Å². The summed E-state index contributed by atoms with van der Waals surface area (Å²) in [5.74, 6) is 1.29. The molecule has 0 atom stereocenters. The number of rotatable bonds is 5. The highest BCUT2D eigenvalue weighted by Gasteiger charge is 2.16. The van der Waals surface area contributed by atoms with Crippen LogP contribution < -0.4 is 20.1 Å². The molecule has 0 aliphatic carbocycles. The molecule has 0 saturated heterocycles. The predicted molar refractivity (Wildman–Crippen MR) is 72.8 cm³/mol. The summed E-state index contributed by atoms with van der Waals surface area (Å²) in [4.78, 5) is 10.7. The number of ether oxygens (including phenoxy) is 2. The summed E-state index contributed by atoms with van der Waals surface area (Å²) in [6, 6.07) is 3.78. The number of fused-ring (bicyclic) bond motifs is 1. The Hall–Kier alpha value is -1.46. The molecule has 2 N–H and O–H groups in total. The number of carbonyl (C=O) groups is 1. The lowest BCUT2D eigenvalue weighted by Crippen LogP contribution is -2.29. The van der Waals surface area contributed by atoms with Crippen LogP contribution in [-0.2, 0) is 11.3 Å². The molecule has 0 unspecified atom stereocenters. The zero-order chi connectivity index (χ0) is 13.7. The van der Waals surface area contributed by atoms with Crippen LogP contribution in [0.15, 0.2) is 12.1 Å². The molecule has 1 aliphatic rings. The first-order valence-corrected chi connectivity index (χ1v) is 6.58. The zero-order valence-electron chi connectivity index (χ0n) is 10.8. The van der Waals surface area contributed by atoms with Crippen LogP contribution in [0.2, 0.25) is 5.02 Å². The molecule has 0 saturated carbocycles. The first kappa shape index (κ1) is 14.0. The Bertz CT molecular complexity index is 465. The minimum absolute atomic E-state index is 0.0239. The lowest BCUT2D eigenvalue weighted by molar-refractivity contribution is -0.118. The molecule has 1 heterocycles. The van der Waals surface area contributed by atoms with Crippen LogP contribution in [0.1, 0.15) is 12.5 Å². The molecule has 104 valence electrons. The smallest absolute Gasteiger partial charge is 0.216 e. The molecule has 0 aromatic heterocycles. The highest BCUT2D eigenvalue weighted by atomic mass is 35.5. The molecule has 0 radical (unpaired) electrons. The van der Waals surface area contributed by atoms with Crippen molar-refractivity contribution in [1.82, 2.24) is 10.6 Å². The molecular weight excluding hydrogens is 268 g/mol. The van der Waals surface area contributed by atoms with Crippen LogP contribution in [-0.4, -0.2) is 32.2 Å². The van der Waals surface area contributed by atoms with Crippen LogP contribution in [0, 0.1) is 0 Å². The van der Waals surface area contributed by atoms with Crippen molar-refractivity contribution < 1.29 is 14.3 Å². The third-order valence-corrected chi connectivity index (χ3v) is 2.94. The molecule has 1 aliphatic heterocycles. The van der Waals surface area contributed by atoms with E-state index < -0.39 is 0 Å². The van der Waals surface area contributed by atoms with Crippen molar-refractivity contribution in [3.05, 3.63) is 22.7 Å². The van der Waals surface area contributed by atoms with Gasteiger partial charge in [0.1, 0.15) is 13.2 Å². The van der Waals surface area contributed by atoms with Gasteiger partial charge in [-0.2, -0.15) is 0 Å². The number of benzene rings is 1. The number of hydrogen-bond acceptors (Lipinski definition) is 4. The molecule has 2 rings (SSSR count). The molecule has 0 fully saturated rings. The topological polar surface area (TPSA) is 59.6 Å². The average Bonchev–Trinajstić information content (AvgIpc) is 2.38. The first-order valence-electron chi connectivity index (χ1n) is 6.20. The third-order valence-electron chi connectivity index (χ3n) is 2.66. The summed E-state index contributed by atoms with van der Waals surface area (Å²) >= 11 is 6.14. The van der Waals surface area contributed by atoms with Gasteiger partial charge in [-0.1, -0.05) is 11.6 Å². The SMILES string of the molecule is CC(=O)NCCNCc1cc(Cl)c2c(c1)OCCO2. The van der Waals surface area contributed by atoms with Gasteiger partial charge in [0.25, 0.3) is 0 Å². The van der Waals surface area contributed by atoms with Gasteiger partial charge in [0.2, 0.25) is 5.91 Å². The Kier molecular flexibility index (Phi) is 4.87. The van der Waals surface area contributed by atoms with Gasteiger partial charge in [-0.25, -0.2) is 0 Å². The summed E-state index contributed by atoms with van der Waals surface area (Å²) < 4.78 is 11.0. The van der Waals surface area contributed by atoms with E-state index in [4.69, 9.17) is 21.1 Å². The van der Waals surface area contributed by atoms with Crippen molar-refractivity contribution in [2.45, 2.75) is 13.5 Å². The highest BCUT2D eigenvalue weighted by Crippen LogP contribution is 2.38. The number of amides is 1. The fourth-order valence-corrected chi connectivity index (χ4v) is 2.11. The molecule has 1 aromatic rings. The van der Waals surface area contributed by atoms with E-state index in [0.29, 0.717) is 49.4 Å². The third kappa shape index (κ3) is 4.01. The zero-order valence-corrected chi connectivity index (χ0v) is 11.5. The molecule has 1 aromatic carbocycles. The van der Waals surface area contributed by atoms with E-state index in [1.807, 2.05) is 12.1 Å².